The summed E-state index contributed by atoms with van der Waals surface area (Å²) in [6.07, 6.45) is 0.829. The molecule has 1 amide bonds. The van der Waals surface area contributed by atoms with Crippen molar-refractivity contribution in [1.29, 1.82) is 0 Å². The minimum Gasteiger partial charge on any atom is -0.481 e. The first-order valence-corrected chi connectivity index (χ1v) is 12.8. The Balaban J connectivity index is 1.48. The molecule has 0 atom stereocenters. The van der Waals surface area contributed by atoms with Crippen LogP contribution < -0.4 is 4.90 Å². The van der Waals surface area contributed by atoms with Crippen LogP contribution in [0.5, 0.6) is 0 Å². The molecular formula is C29H25BrN2O5. The van der Waals surface area contributed by atoms with Crippen molar-refractivity contribution in [2.45, 2.75) is 32.1 Å². The third-order valence-electron chi connectivity index (χ3n) is 6.65. The van der Waals surface area contributed by atoms with Gasteiger partial charge in [0.2, 0.25) is 0 Å². The third kappa shape index (κ3) is 4.64. The van der Waals surface area contributed by atoms with E-state index >= 15 is 0 Å². The molecule has 0 spiro atoms. The monoisotopic (exact) mass is 560 g/mol. The van der Waals surface area contributed by atoms with Gasteiger partial charge in [0.25, 0.3) is 0 Å². The molecular weight excluding hydrogens is 536 g/mol. The number of aliphatic carboxylic acids is 1. The van der Waals surface area contributed by atoms with E-state index in [1.165, 1.54) is 4.90 Å². The summed E-state index contributed by atoms with van der Waals surface area (Å²) in [7, 11) is 0. The van der Waals surface area contributed by atoms with Crippen LogP contribution in [-0.4, -0.2) is 28.9 Å². The number of carbonyl (C=O) groups is 2. The summed E-state index contributed by atoms with van der Waals surface area (Å²) in [5.74, 6) is -0.313. The van der Waals surface area contributed by atoms with Gasteiger partial charge >= 0.3 is 12.1 Å². The minimum absolute atomic E-state index is 0.226. The van der Waals surface area contributed by atoms with E-state index in [2.05, 4.69) is 21.1 Å². The van der Waals surface area contributed by atoms with Crippen molar-refractivity contribution in [2.24, 2.45) is 0 Å². The van der Waals surface area contributed by atoms with E-state index in [-0.39, 0.29) is 6.61 Å². The number of aryl methyl sites for hydroxylation is 1. The molecule has 1 fully saturated rings. The number of nitrogens with zero attached hydrogens (tertiary/aromatic N) is 2. The van der Waals surface area contributed by atoms with E-state index in [9.17, 15) is 14.7 Å². The summed E-state index contributed by atoms with van der Waals surface area (Å²) in [5, 5.41) is 13.7. The van der Waals surface area contributed by atoms with Crippen LogP contribution in [0, 0.1) is 6.92 Å². The van der Waals surface area contributed by atoms with Crippen LogP contribution in [0.4, 0.5) is 16.2 Å². The lowest BCUT2D eigenvalue weighted by atomic mass is 9.93. The van der Waals surface area contributed by atoms with Gasteiger partial charge in [-0.25, -0.2) is 9.69 Å². The number of anilines is 2. The second-order valence-electron chi connectivity index (χ2n) is 9.00. The summed E-state index contributed by atoms with van der Waals surface area (Å²) < 4.78 is 11.9. The molecule has 1 heterocycles. The van der Waals surface area contributed by atoms with Crippen molar-refractivity contribution < 1.29 is 24.0 Å². The van der Waals surface area contributed by atoms with Gasteiger partial charge in [-0.1, -0.05) is 75.7 Å². The van der Waals surface area contributed by atoms with Crippen molar-refractivity contribution in [2.75, 3.05) is 11.5 Å². The summed E-state index contributed by atoms with van der Waals surface area (Å²) in [6, 6.07) is 22.8. The van der Waals surface area contributed by atoms with E-state index in [0.29, 0.717) is 35.7 Å². The maximum Gasteiger partial charge on any atom is 0.419 e. The first kappa shape index (κ1) is 24.8. The predicted molar refractivity (Wildman–Crippen MR) is 144 cm³/mol. The van der Waals surface area contributed by atoms with Gasteiger partial charge in [-0.05, 0) is 61.6 Å². The molecule has 0 aliphatic heterocycles. The van der Waals surface area contributed by atoms with E-state index < -0.39 is 17.5 Å². The topological polar surface area (TPSA) is 92.9 Å². The summed E-state index contributed by atoms with van der Waals surface area (Å²) >= 11 is 3.47. The first-order valence-electron chi connectivity index (χ1n) is 12.0. The highest BCUT2D eigenvalue weighted by Crippen LogP contribution is 2.48. The van der Waals surface area contributed by atoms with E-state index in [1.54, 1.807) is 13.8 Å². The summed E-state index contributed by atoms with van der Waals surface area (Å²) in [4.78, 5) is 26.2. The molecule has 5 rings (SSSR count). The summed E-state index contributed by atoms with van der Waals surface area (Å²) in [5.41, 5.74) is 4.51. The number of carbonyl (C=O) groups excluding carboxylic acids is 1. The lowest BCUT2D eigenvalue weighted by molar-refractivity contribution is -0.140. The molecule has 0 saturated heterocycles. The lowest BCUT2D eigenvalue weighted by Crippen LogP contribution is -2.27. The highest BCUT2D eigenvalue weighted by molar-refractivity contribution is 9.10. The molecule has 37 heavy (non-hydrogen) atoms. The second kappa shape index (κ2) is 9.86. The molecule has 0 unspecified atom stereocenters. The standard InChI is InChI=1S/C29H25BrN2O5/c1-3-36-28(35)32(24-6-4-5-23(30)17-24)25-18(2)31-37-26(25)21-9-7-19(8-10-21)20-11-13-22(14-12-20)29(15-16-29)27(33)34/h4-14,17H,3,15-16H2,1-2H3,(H,33,34). The number of amides is 1. The number of hydrogen-bond donors (Lipinski definition) is 1. The molecule has 7 nitrogen and oxygen atoms in total. The largest absolute Gasteiger partial charge is 0.481 e. The average molecular weight is 561 g/mol. The van der Waals surface area contributed by atoms with Crippen LogP contribution in [0.15, 0.2) is 81.8 Å². The van der Waals surface area contributed by atoms with Crippen LogP contribution in [-0.2, 0) is 14.9 Å². The lowest BCUT2D eigenvalue weighted by Gasteiger charge is -2.22. The zero-order valence-electron chi connectivity index (χ0n) is 20.4. The van der Waals surface area contributed by atoms with Crippen LogP contribution in [0.3, 0.4) is 0 Å². The quantitative estimate of drug-likeness (QED) is 0.251. The number of aromatic nitrogens is 1. The van der Waals surface area contributed by atoms with Gasteiger partial charge in [0.15, 0.2) is 5.76 Å². The van der Waals surface area contributed by atoms with Crippen molar-refractivity contribution in [1.82, 2.24) is 5.16 Å². The first-order chi connectivity index (χ1) is 17.8. The second-order valence-corrected chi connectivity index (χ2v) is 9.92. The van der Waals surface area contributed by atoms with Gasteiger partial charge in [-0.2, -0.15) is 0 Å². The smallest absolute Gasteiger partial charge is 0.419 e. The molecule has 1 saturated carbocycles. The Bertz CT molecular complexity index is 1460. The number of halogens is 1. The molecule has 3 aromatic carbocycles. The molecule has 1 aliphatic rings. The predicted octanol–water partition coefficient (Wildman–Crippen LogP) is 7.49. The van der Waals surface area contributed by atoms with Crippen molar-refractivity contribution in [3.63, 3.8) is 0 Å². The Labute approximate surface area is 222 Å². The molecule has 8 heteroatoms. The van der Waals surface area contributed by atoms with Crippen LogP contribution >= 0.6 is 15.9 Å². The highest BCUT2D eigenvalue weighted by atomic mass is 79.9. The zero-order valence-corrected chi connectivity index (χ0v) is 22.0. The molecule has 1 aromatic heterocycles. The van der Waals surface area contributed by atoms with Gasteiger partial charge in [0.05, 0.1) is 17.7 Å². The molecule has 188 valence electrons. The number of carboxylic acid groups (broad SMARTS) is 1. The Kier molecular flexibility index (Phi) is 6.60. The zero-order chi connectivity index (χ0) is 26.2. The van der Waals surface area contributed by atoms with Crippen molar-refractivity contribution >= 4 is 39.4 Å². The molecule has 0 bridgehead atoms. The number of ether oxygens (including phenoxy) is 1. The molecule has 4 aromatic rings. The normalized spacial score (nSPS) is 13.7. The summed E-state index contributed by atoms with van der Waals surface area (Å²) in [6.45, 7) is 3.77. The van der Waals surface area contributed by atoms with E-state index in [1.807, 2.05) is 72.8 Å². The number of carboxylic acids is 1. The number of rotatable bonds is 7. The maximum absolute atomic E-state index is 13.1. The number of hydrogen-bond acceptors (Lipinski definition) is 5. The van der Waals surface area contributed by atoms with E-state index in [4.69, 9.17) is 9.26 Å². The fourth-order valence-corrected chi connectivity index (χ4v) is 4.88. The minimum atomic E-state index is -0.762. The fourth-order valence-electron chi connectivity index (χ4n) is 4.49. The maximum atomic E-state index is 13.1. The number of benzene rings is 3. The molecule has 1 aliphatic carbocycles. The third-order valence-corrected chi connectivity index (χ3v) is 7.14. The molecule has 1 N–H and O–H groups in total. The Morgan fingerprint density at radius 1 is 1.03 bits per heavy atom. The van der Waals surface area contributed by atoms with E-state index in [0.717, 1.165) is 26.7 Å². The van der Waals surface area contributed by atoms with Gasteiger partial charge in [-0.15, -0.1) is 0 Å². The van der Waals surface area contributed by atoms with Crippen LogP contribution in [0.2, 0.25) is 0 Å². The SMILES string of the molecule is CCOC(=O)N(c1cccc(Br)c1)c1c(C)noc1-c1ccc(-c2ccc(C3(C(=O)O)CC3)cc2)cc1. The van der Waals surface area contributed by atoms with Gasteiger partial charge < -0.3 is 14.4 Å². The average Bonchev–Trinajstić information content (AvgIpc) is 3.63. The Morgan fingerprint density at radius 3 is 2.22 bits per heavy atom. The van der Waals surface area contributed by atoms with Gasteiger partial charge in [0, 0.05) is 10.0 Å². The van der Waals surface area contributed by atoms with Crippen LogP contribution in [0.1, 0.15) is 31.0 Å². The molecule has 0 radical (unpaired) electrons. The van der Waals surface area contributed by atoms with Gasteiger partial charge in [0.1, 0.15) is 11.4 Å². The Hall–Kier alpha value is -3.91. The Morgan fingerprint density at radius 2 is 1.65 bits per heavy atom. The van der Waals surface area contributed by atoms with Crippen molar-refractivity contribution in [3.8, 4) is 22.5 Å². The van der Waals surface area contributed by atoms with Crippen molar-refractivity contribution in [3.05, 3.63) is 88.5 Å². The highest BCUT2D eigenvalue weighted by Gasteiger charge is 2.51. The van der Waals surface area contributed by atoms with Gasteiger partial charge in [-0.3, -0.25) is 4.79 Å². The fraction of sp³-hybridized carbons (Fsp3) is 0.207. The van der Waals surface area contributed by atoms with Crippen LogP contribution in [0.25, 0.3) is 22.5 Å².